The summed E-state index contributed by atoms with van der Waals surface area (Å²) in [7, 11) is 3.10. The van der Waals surface area contributed by atoms with E-state index in [0.29, 0.717) is 19.5 Å². The Bertz CT molecular complexity index is 1270. The Morgan fingerprint density at radius 2 is 1.08 bits per heavy atom. The minimum atomic E-state index is -0.450. The number of carbonyl (C=O) groups excluding carboxylic acids is 1. The predicted octanol–water partition coefficient (Wildman–Crippen LogP) is 2.85. The van der Waals surface area contributed by atoms with Crippen LogP contribution in [0.25, 0.3) is 0 Å². The summed E-state index contributed by atoms with van der Waals surface area (Å²) in [5.74, 6) is 45.6. The van der Waals surface area contributed by atoms with E-state index in [0.717, 1.165) is 12.8 Å². The Morgan fingerprint density at radius 3 is 1.58 bits per heavy atom. The fourth-order valence-corrected chi connectivity index (χ4v) is 2.33. The second-order valence-electron chi connectivity index (χ2n) is 7.73. The molecule has 1 amide bonds. The van der Waals surface area contributed by atoms with Crippen LogP contribution in [0.2, 0.25) is 0 Å². The maximum atomic E-state index is 11.5. The summed E-state index contributed by atoms with van der Waals surface area (Å²) in [5, 5.41) is 14.0. The molecule has 4 heteroatoms. The SMILES string of the molecule is CCCCCCCCC#CC#CC#CC#CC#CC#CC#CC#CC#CC(=O)NCCC[N+](C)(C)[O-]. The highest BCUT2D eigenvalue weighted by atomic mass is 16.5. The summed E-state index contributed by atoms with van der Waals surface area (Å²) in [4.78, 5) is 11.5. The van der Waals surface area contributed by atoms with Gasteiger partial charge in [-0.15, -0.1) is 0 Å². The van der Waals surface area contributed by atoms with Crippen molar-refractivity contribution >= 4 is 5.91 Å². The molecule has 0 radical (unpaired) electrons. The lowest BCUT2D eigenvalue weighted by atomic mass is 10.1. The lowest BCUT2D eigenvalue weighted by Crippen LogP contribution is -2.35. The fraction of sp³-hybridized carbons (Fsp3) is 0.406. The van der Waals surface area contributed by atoms with Gasteiger partial charge in [-0.2, -0.15) is 0 Å². The molecule has 0 fully saturated rings. The molecule has 4 nitrogen and oxygen atoms in total. The molecular weight excluding hydrogens is 444 g/mol. The molecule has 0 aliphatic heterocycles. The van der Waals surface area contributed by atoms with Gasteiger partial charge in [-0.3, -0.25) is 4.79 Å². The van der Waals surface area contributed by atoms with Gasteiger partial charge in [0.25, 0.3) is 5.91 Å². The quantitative estimate of drug-likeness (QED) is 0.229. The van der Waals surface area contributed by atoms with Gasteiger partial charge in [0.05, 0.1) is 20.6 Å². The standard InChI is InChI=1S/C32H30N2O2/c1-4-5-6-7-8-9-10-11-12-13-14-15-16-17-18-19-20-21-22-23-24-25-26-27-29-32(35)33-30-28-31-34(2,3)36/h4-10,28,30-31H2,1-3H3,(H,33,35). The third-order valence-electron chi connectivity index (χ3n) is 4.02. The van der Waals surface area contributed by atoms with E-state index in [9.17, 15) is 10.0 Å². The highest BCUT2D eigenvalue weighted by Crippen LogP contribution is 2.05. The number of hydroxylamine groups is 3. The van der Waals surface area contributed by atoms with Gasteiger partial charge in [0.15, 0.2) is 0 Å². The molecule has 0 aliphatic rings. The van der Waals surface area contributed by atoms with Crippen LogP contribution in [-0.2, 0) is 4.79 Å². The maximum Gasteiger partial charge on any atom is 0.296 e. The Labute approximate surface area is 217 Å². The van der Waals surface area contributed by atoms with Crippen LogP contribution in [0, 0.1) is 112 Å². The first-order chi connectivity index (χ1) is 17.5. The molecule has 0 atom stereocenters. The molecule has 36 heavy (non-hydrogen) atoms. The van der Waals surface area contributed by atoms with E-state index in [2.05, 4.69) is 119 Å². The molecule has 0 unspecified atom stereocenters. The number of hydrogen-bond donors (Lipinski definition) is 1. The number of nitrogens with one attached hydrogen (secondary N) is 1. The molecule has 180 valence electrons. The van der Waals surface area contributed by atoms with Gasteiger partial charge in [0.1, 0.15) is 0 Å². The largest absolute Gasteiger partial charge is 0.633 e. The molecule has 0 heterocycles. The number of rotatable bonds is 10. The number of nitrogens with zero attached hydrogens (tertiary/aromatic N) is 1. The highest BCUT2D eigenvalue weighted by molar-refractivity contribution is 5.94. The van der Waals surface area contributed by atoms with Crippen LogP contribution in [0.3, 0.4) is 0 Å². The first-order valence-corrected chi connectivity index (χ1v) is 11.8. The van der Waals surface area contributed by atoms with Crippen molar-refractivity contribution in [2.24, 2.45) is 0 Å². The van der Waals surface area contributed by atoms with Crippen LogP contribution >= 0.6 is 0 Å². The van der Waals surface area contributed by atoms with Gasteiger partial charge in [-0.1, -0.05) is 44.9 Å². The molecule has 0 rings (SSSR count). The lowest BCUT2D eigenvalue weighted by Gasteiger charge is -2.33. The number of carbonyl (C=O) groups is 1. The van der Waals surface area contributed by atoms with Crippen LogP contribution in [-0.4, -0.2) is 37.7 Å². The summed E-state index contributed by atoms with van der Waals surface area (Å²) in [6, 6.07) is 0. The molecular formula is C32H30N2O2. The monoisotopic (exact) mass is 474 g/mol. The minimum absolute atomic E-state index is 0.390. The number of amides is 1. The van der Waals surface area contributed by atoms with Gasteiger partial charge in [0.2, 0.25) is 0 Å². The predicted molar refractivity (Wildman–Crippen MR) is 146 cm³/mol. The van der Waals surface area contributed by atoms with E-state index >= 15 is 0 Å². The molecule has 0 aromatic heterocycles. The average Bonchev–Trinajstić information content (AvgIpc) is 2.84. The highest BCUT2D eigenvalue weighted by Gasteiger charge is 2.01. The zero-order chi connectivity index (χ0) is 26.6. The smallest absolute Gasteiger partial charge is 0.296 e. The maximum absolute atomic E-state index is 11.5. The third-order valence-corrected chi connectivity index (χ3v) is 4.02. The van der Waals surface area contributed by atoms with Crippen LogP contribution < -0.4 is 5.32 Å². The third kappa shape index (κ3) is 27.5. The van der Waals surface area contributed by atoms with Crippen molar-refractivity contribution in [3.63, 3.8) is 0 Å². The Morgan fingerprint density at radius 1 is 0.639 bits per heavy atom. The van der Waals surface area contributed by atoms with Crippen LogP contribution in [0.15, 0.2) is 0 Å². The van der Waals surface area contributed by atoms with E-state index < -0.39 is 10.6 Å². The molecule has 0 aromatic carbocycles. The summed E-state index contributed by atoms with van der Waals surface area (Å²) in [5.41, 5.74) is 0. The molecule has 0 aliphatic carbocycles. The first-order valence-electron chi connectivity index (χ1n) is 11.8. The van der Waals surface area contributed by atoms with Gasteiger partial charge in [0, 0.05) is 25.3 Å². The Balaban J connectivity index is 4.17. The van der Waals surface area contributed by atoms with Crippen molar-refractivity contribution in [2.75, 3.05) is 27.2 Å². The van der Waals surface area contributed by atoms with Crippen molar-refractivity contribution < 1.29 is 9.44 Å². The van der Waals surface area contributed by atoms with E-state index in [1.807, 2.05) is 0 Å². The molecule has 0 saturated heterocycles. The summed E-state index contributed by atoms with van der Waals surface area (Å²) < 4.78 is -0.395. The van der Waals surface area contributed by atoms with Crippen LogP contribution in [0.4, 0.5) is 0 Å². The van der Waals surface area contributed by atoms with Gasteiger partial charge < -0.3 is 15.2 Å². The van der Waals surface area contributed by atoms with Crippen molar-refractivity contribution in [2.45, 2.75) is 58.3 Å². The normalized spacial score (nSPS) is 7.78. The Hall–Kier alpha value is -4.57. The van der Waals surface area contributed by atoms with Gasteiger partial charge in [-0.05, 0) is 101 Å². The van der Waals surface area contributed by atoms with Gasteiger partial charge in [-0.25, -0.2) is 0 Å². The van der Waals surface area contributed by atoms with Crippen molar-refractivity contribution in [3.05, 3.63) is 5.21 Å². The molecule has 0 aromatic rings. The summed E-state index contributed by atoms with van der Waals surface area (Å²) in [6.45, 7) is 3.02. The topological polar surface area (TPSA) is 52.2 Å². The van der Waals surface area contributed by atoms with Gasteiger partial charge >= 0.3 is 0 Å². The molecule has 0 saturated carbocycles. The van der Waals surface area contributed by atoms with Crippen molar-refractivity contribution in [3.8, 4) is 107 Å². The minimum Gasteiger partial charge on any atom is -0.633 e. The second kappa shape index (κ2) is 23.6. The summed E-state index contributed by atoms with van der Waals surface area (Å²) >= 11 is 0. The van der Waals surface area contributed by atoms with Crippen LogP contribution in [0.1, 0.15) is 58.3 Å². The van der Waals surface area contributed by atoms with E-state index in [-0.39, 0.29) is 0 Å². The summed E-state index contributed by atoms with van der Waals surface area (Å²) in [6.07, 6.45) is 8.97. The van der Waals surface area contributed by atoms with E-state index in [1.54, 1.807) is 14.1 Å². The fourth-order valence-electron chi connectivity index (χ4n) is 2.33. The van der Waals surface area contributed by atoms with Crippen molar-refractivity contribution in [1.29, 1.82) is 0 Å². The lowest BCUT2D eigenvalue weighted by molar-refractivity contribution is -0.840. The zero-order valence-electron chi connectivity index (χ0n) is 21.3. The zero-order valence-corrected chi connectivity index (χ0v) is 21.3. The average molecular weight is 475 g/mol. The van der Waals surface area contributed by atoms with Crippen LogP contribution in [0.5, 0.6) is 0 Å². The Kier molecular flexibility index (Phi) is 20.6. The molecule has 0 bridgehead atoms. The number of unbranched alkanes of at least 4 members (excludes halogenated alkanes) is 6. The first kappa shape index (κ1) is 31.4. The second-order valence-corrected chi connectivity index (χ2v) is 7.73. The number of hydrogen-bond acceptors (Lipinski definition) is 2. The molecule has 1 N–H and O–H groups in total. The molecule has 0 spiro atoms. The number of quaternary nitrogens is 1. The van der Waals surface area contributed by atoms with E-state index in [4.69, 9.17) is 0 Å². The van der Waals surface area contributed by atoms with Crippen molar-refractivity contribution in [1.82, 2.24) is 5.32 Å². The van der Waals surface area contributed by atoms with E-state index in [1.165, 1.54) is 32.1 Å².